The molecule has 0 aromatic rings. The van der Waals surface area contributed by atoms with Crippen LogP contribution in [0, 0.1) is 0 Å². The molecule has 0 aromatic carbocycles. The molecule has 1 heteroatoms. The predicted molar refractivity (Wildman–Crippen MR) is 44.1 cm³/mol. The van der Waals surface area contributed by atoms with Crippen molar-refractivity contribution in [1.29, 1.82) is 0 Å². The van der Waals surface area contributed by atoms with Crippen molar-refractivity contribution in [3.63, 3.8) is 0 Å². The van der Waals surface area contributed by atoms with Crippen LogP contribution in [-0.4, -0.2) is 6.29 Å². The Morgan fingerprint density at radius 2 is 1.60 bits per heavy atom. The van der Waals surface area contributed by atoms with Crippen molar-refractivity contribution in [2.24, 2.45) is 0 Å². The minimum atomic E-state index is 0.756. The summed E-state index contributed by atoms with van der Waals surface area (Å²) in [5, 5.41) is 0. The summed E-state index contributed by atoms with van der Waals surface area (Å²) in [6.07, 6.45) is 9.39. The fraction of sp³-hybridized carbons (Fsp3) is 0.889. The molecule has 0 aliphatic heterocycles. The topological polar surface area (TPSA) is 17.1 Å². The van der Waals surface area contributed by atoms with Gasteiger partial charge in [0, 0.05) is 6.42 Å². The summed E-state index contributed by atoms with van der Waals surface area (Å²) >= 11 is 0. The van der Waals surface area contributed by atoms with Gasteiger partial charge in [-0.05, 0) is 6.42 Å². The molecule has 0 aliphatic rings. The Hall–Kier alpha value is -0.330. The van der Waals surface area contributed by atoms with Gasteiger partial charge in [0.25, 0.3) is 0 Å². The van der Waals surface area contributed by atoms with Gasteiger partial charge in [-0.1, -0.05) is 39.0 Å². The number of unbranched alkanes of at least 4 members (excludes halogenated alkanes) is 6. The van der Waals surface area contributed by atoms with E-state index >= 15 is 0 Å². The average molecular weight is 144 g/mol. The monoisotopic (exact) mass is 144 g/mol. The van der Waals surface area contributed by atoms with Crippen molar-refractivity contribution in [2.45, 2.75) is 51.9 Å². The summed E-state index contributed by atoms with van der Waals surface area (Å²) in [5.41, 5.74) is 0. The normalized spacial score (nSPS) is 9.70. The first-order valence-corrected chi connectivity index (χ1v) is 4.35. The maximum atomic E-state index is 9.89. The molecule has 60 valence electrons. The Kier molecular flexibility index (Phi) is 8.38. The van der Waals surface area contributed by atoms with Crippen LogP contribution in [0.3, 0.4) is 0 Å². The summed E-state index contributed by atoms with van der Waals surface area (Å²) in [4.78, 5) is 9.89. The van der Waals surface area contributed by atoms with E-state index in [0.29, 0.717) is 0 Å². The van der Waals surface area contributed by atoms with E-state index in [2.05, 4.69) is 6.92 Å². The van der Waals surface area contributed by atoms with Crippen molar-refractivity contribution in [3.8, 4) is 0 Å². The van der Waals surface area contributed by atoms with Crippen LogP contribution in [0.5, 0.6) is 0 Å². The van der Waals surface area contributed by atoms with E-state index in [-0.39, 0.29) is 0 Å². The quantitative estimate of drug-likeness (QED) is 0.396. The molecule has 1 nitrogen and oxygen atoms in total. The van der Waals surface area contributed by atoms with Gasteiger partial charge in [0.05, 0.1) is 0 Å². The van der Waals surface area contributed by atoms with E-state index in [0.717, 1.165) is 19.1 Å². The zero-order chi connectivity index (χ0) is 7.66. The Morgan fingerprint density at radius 1 is 1.00 bits per heavy atom. The highest BCUT2D eigenvalue weighted by molar-refractivity contribution is 5.48. The maximum absolute atomic E-state index is 9.89. The van der Waals surface area contributed by atoms with Crippen molar-refractivity contribution in [3.05, 3.63) is 0 Å². The third-order valence-electron chi connectivity index (χ3n) is 1.68. The van der Waals surface area contributed by atoms with Crippen molar-refractivity contribution >= 4 is 6.29 Å². The number of rotatable bonds is 7. The van der Waals surface area contributed by atoms with E-state index in [1.165, 1.54) is 32.1 Å². The van der Waals surface area contributed by atoms with Crippen LogP contribution in [0.2, 0.25) is 0 Å². The van der Waals surface area contributed by atoms with Crippen molar-refractivity contribution < 1.29 is 4.79 Å². The van der Waals surface area contributed by atoms with Crippen molar-refractivity contribution in [2.75, 3.05) is 0 Å². The molecule has 0 saturated heterocycles. The molecule has 0 aromatic heterocycles. The number of aldehydes is 1. The molecule has 0 rings (SSSR count). The lowest BCUT2D eigenvalue weighted by atomic mass is 10.1. The van der Waals surface area contributed by atoms with Crippen LogP contribution in [0.15, 0.2) is 0 Å². The number of hydrogen-bond acceptors (Lipinski definition) is 1. The van der Waals surface area contributed by atoms with Gasteiger partial charge in [0.1, 0.15) is 6.29 Å². The molecule has 10 heavy (non-hydrogen) atoms. The summed E-state index contributed by atoms with van der Waals surface area (Å²) in [7, 11) is 0. The Labute approximate surface area is 63.8 Å². The molecule has 0 unspecified atom stereocenters. The third-order valence-corrected chi connectivity index (χ3v) is 1.68. The van der Waals surface area contributed by atoms with Crippen molar-refractivity contribution in [1.82, 2.24) is 0 Å². The molecular formula is C9H18O. The van der Waals surface area contributed by atoms with Crippen LogP contribution in [0.4, 0.5) is 0 Å². The minimum Gasteiger partial charge on any atom is -0.303 e. The molecular weight excluding hydrogens is 126 g/mol. The van der Waals surface area contributed by atoms with Gasteiger partial charge < -0.3 is 4.79 Å². The van der Waals surface area contributed by atoms with Gasteiger partial charge in [0.15, 0.2) is 0 Å². The van der Waals surface area contributed by atoms with Gasteiger partial charge in [-0.2, -0.15) is 0 Å². The SMILES string of the molecule is CCCCCCCC[14CH]=O. The molecule has 0 atom stereocenters. The summed E-state index contributed by atoms with van der Waals surface area (Å²) in [6.45, 7) is 2.21. The number of hydrogen-bond donors (Lipinski definition) is 0. The second kappa shape index (κ2) is 8.67. The second-order valence-corrected chi connectivity index (χ2v) is 2.72. The smallest absolute Gasteiger partial charge is 0.119 e. The predicted octanol–water partition coefficient (Wildman–Crippen LogP) is 2.94. The summed E-state index contributed by atoms with van der Waals surface area (Å²) in [5.74, 6) is 0. The molecule has 0 heterocycles. The number of carbonyl (C=O) groups is 1. The second-order valence-electron chi connectivity index (χ2n) is 2.72. The lowest BCUT2D eigenvalue weighted by Gasteiger charge is -1.95. The molecule has 0 N–H and O–H groups in total. The lowest BCUT2D eigenvalue weighted by Crippen LogP contribution is -1.79. The highest BCUT2D eigenvalue weighted by atomic mass is 16.2. The molecule has 0 saturated carbocycles. The van der Waals surface area contributed by atoms with Crippen LogP contribution in [-0.2, 0) is 4.79 Å². The molecule has 0 spiro atoms. The van der Waals surface area contributed by atoms with E-state index in [9.17, 15) is 4.79 Å². The highest BCUT2D eigenvalue weighted by Crippen LogP contribution is 2.05. The Bertz CT molecular complexity index is 69.1. The first kappa shape index (κ1) is 9.67. The molecule has 0 radical (unpaired) electrons. The van der Waals surface area contributed by atoms with Crippen LogP contribution >= 0.6 is 0 Å². The highest BCUT2D eigenvalue weighted by Gasteiger charge is 1.87. The molecule has 0 aliphatic carbocycles. The van der Waals surface area contributed by atoms with E-state index in [1.807, 2.05) is 0 Å². The zero-order valence-corrected chi connectivity index (χ0v) is 6.94. The maximum Gasteiger partial charge on any atom is 0.119 e. The Morgan fingerprint density at radius 3 is 2.20 bits per heavy atom. The Balaban J connectivity index is 2.70. The first-order valence-electron chi connectivity index (χ1n) is 4.35. The molecule has 0 amide bonds. The standard InChI is InChI=1S/C9H18O/c1-2-3-4-5-6-7-8-9-10/h9H,2-8H2,1H3/i9+2. The summed E-state index contributed by atoms with van der Waals surface area (Å²) in [6, 6.07) is 0. The first-order chi connectivity index (χ1) is 4.91. The van der Waals surface area contributed by atoms with Gasteiger partial charge in [-0.3, -0.25) is 0 Å². The fourth-order valence-electron chi connectivity index (χ4n) is 1.01. The molecule has 0 bridgehead atoms. The van der Waals surface area contributed by atoms with Gasteiger partial charge in [-0.25, -0.2) is 0 Å². The summed E-state index contributed by atoms with van der Waals surface area (Å²) < 4.78 is 0. The number of carbonyl (C=O) groups excluding carboxylic acids is 1. The van der Waals surface area contributed by atoms with E-state index in [4.69, 9.17) is 0 Å². The van der Waals surface area contributed by atoms with Gasteiger partial charge in [0.2, 0.25) is 0 Å². The van der Waals surface area contributed by atoms with Gasteiger partial charge in [-0.15, -0.1) is 0 Å². The van der Waals surface area contributed by atoms with E-state index < -0.39 is 0 Å². The van der Waals surface area contributed by atoms with Gasteiger partial charge >= 0.3 is 0 Å². The zero-order valence-electron chi connectivity index (χ0n) is 6.94. The minimum absolute atomic E-state index is 0.756. The lowest BCUT2D eigenvalue weighted by molar-refractivity contribution is -0.107. The largest absolute Gasteiger partial charge is 0.303 e. The molecule has 0 fully saturated rings. The van der Waals surface area contributed by atoms with E-state index in [1.54, 1.807) is 0 Å². The fourth-order valence-corrected chi connectivity index (χ4v) is 1.01. The average Bonchev–Trinajstić information content (AvgIpc) is 1.97. The third kappa shape index (κ3) is 7.67. The van der Waals surface area contributed by atoms with Crippen LogP contribution < -0.4 is 0 Å². The van der Waals surface area contributed by atoms with Crippen LogP contribution in [0.1, 0.15) is 51.9 Å². The van der Waals surface area contributed by atoms with Crippen LogP contribution in [0.25, 0.3) is 0 Å².